The number of fused-ring (bicyclic) bond motifs is 1. The molecule has 0 saturated carbocycles. The zero-order chi connectivity index (χ0) is 19.6. The Bertz CT molecular complexity index is 1150. The second-order valence-corrected chi connectivity index (χ2v) is 8.55. The van der Waals surface area contributed by atoms with Crippen LogP contribution in [-0.2, 0) is 14.4 Å². The molecule has 0 saturated heterocycles. The molecule has 0 unspecified atom stereocenters. The molecule has 140 valence electrons. The summed E-state index contributed by atoms with van der Waals surface area (Å²) in [7, 11) is -3.76. The number of amides is 1. The molecule has 1 amide bonds. The summed E-state index contributed by atoms with van der Waals surface area (Å²) < 4.78 is 27.1. The molecular formula is C18H17N3O4S2. The molecule has 0 aliphatic heterocycles. The molecule has 0 aliphatic carbocycles. The van der Waals surface area contributed by atoms with Crippen LogP contribution in [0.2, 0.25) is 0 Å². The molecule has 0 bridgehead atoms. The van der Waals surface area contributed by atoms with Crippen LogP contribution in [0, 0.1) is 6.92 Å². The van der Waals surface area contributed by atoms with E-state index in [4.69, 9.17) is 5.73 Å². The first-order chi connectivity index (χ1) is 12.7. The Morgan fingerprint density at radius 1 is 1.19 bits per heavy atom. The molecule has 0 fully saturated rings. The van der Waals surface area contributed by atoms with Crippen LogP contribution in [-0.4, -0.2) is 26.5 Å². The van der Waals surface area contributed by atoms with Gasteiger partial charge in [0.15, 0.2) is 0 Å². The van der Waals surface area contributed by atoms with Crippen molar-refractivity contribution in [3.05, 3.63) is 59.0 Å². The third-order valence-corrected chi connectivity index (χ3v) is 5.10. The number of rotatable bonds is 4. The highest BCUT2D eigenvalue weighted by atomic mass is 32.2. The number of carbonyl (C=O) groups excluding carboxylic acids is 1. The lowest BCUT2D eigenvalue weighted by atomic mass is 10.0. The number of thiophene rings is 1. The molecule has 3 rings (SSSR count). The molecule has 0 atom stereocenters. The first-order valence-corrected chi connectivity index (χ1v) is 10.5. The van der Waals surface area contributed by atoms with Crippen LogP contribution in [0.3, 0.4) is 0 Å². The lowest BCUT2D eigenvalue weighted by Gasteiger charge is -2.04. The van der Waals surface area contributed by atoms with Gasteiger partial charge in [0.05, 0.1) is 11.1 Å². The maximum atomic E-state index is 12.3. The van der Waals surface area contributed by atoms with Crippen molar-refractivity contribution in [2.24, 2.45) is 10.7 Å². The fourth-order valence-electron chi connectivity index (χ4n) is 2.54. The predicted molar refractivity (Wildman–Crippen MR) is 107 cm³/mol. The van der Waals surface area contributed by atoms with Crippen molar-refractivity contribution in [1.82, 2.24) is 5.48 Å². The first kappa shape index (κ1) is 19.0. The van der Waals surface area contributed by atoms with Gasteiger partial charge < -0.3 is 5.73 Å². The number of guanidine groups is 1. The number of benzene rings is 2. The number of aliphatic imine (C=N–C) groups is 1. The van der Waals surface area contributed by atoms with E-state index in [0.717, 1.165) is 33.0 Å². The van der Waals surface area contributed by atoms with Crippen LogP contribution in [0.4, 0.5) is 0 Å². The number of carbonyl (C=O) groups is 1. The number of aryl methyl sites for hydroxylation is 1. The molecule has 0 aliphatic rings. The number of hydroxylamine groups is 1. The quantitative estimate of drug-likeness (QED) is 0.394. The number of hydrogen-bond acceptors (Lipinski definition) is 5. The number of nitrogens with two attached hydrogens (primary N) is 1. The maximum Gasteiger partial charge on any atom is 0.290 e. The summed E-state index contributed by atoms with van der Waals surface area (Å²) in [4.78, 5) is 16.4. The van der Waals surface area contributed by atoms with E-state index in [2.05, 4.69) is 15.3 Å². The van der Waals surface area contributed by atoms with Crippen LogP contribution >= 0.6 is 11.3 Å². The molecule has 1 heterocycles. The van der Waals surface area contributed by atoms with Crippen molar-refractivity contribution in [1.29, 1.82) is 0 Å². The molecule has 0 radical (unpaired) electrons. The summed E-state index contributed by atoms with van der Waals surface area (Å²) >= 11 is 1.29. The van der Waals surface area contributed by atoms with Crippen molar-refractivity contribution >= 4 is 43.4 Å². The van der Waals surface area contributed by atoms with Crippen molar-refractivity contribution in [2.75, 3.05) is 6.26 Å². The van der Waals surface area contributed by atoms with Crippen LogP contribution in [0.1, 0.15) is 15.2 Å². The molecule has 1 aromatic heterocycles. The van der Waals surface area contributed by atoms with Crippen molar-refractivity contribution < 1.29 is 17.5 Å². The Hall–Kier alpha value is -2.75. The smallest absolute Gasteiger partial charge is 0.290 e. The minimum atomic E-state index is -3.76. The average Bonchev–Trinajstić information content (AvgIpc) is 3.03. The second kappa shape index (κ2) is 7.47. The fraction of sp³-hybridized carbons (Fsp3) is 0.111. The van der Waals surface area contributed by atoms with Crippen molar-refractivity contribution in [2.45, 2.75) is 6.92 Å². The monoisotopic (exact) mass is 403 g/mol. The van der Waals surface area contributed by atoms with Crippen LogP contribution in [0.15, 0.2) is 53.5 Å². The highest BCUT2D eigenvalue weighted by Gasteiger charge is 2.14. The van der Waals surface area contributed by atoms with E-state index in [0.29, 0.717) is 4.88 Å². The van der Waals surface area contributed by atoms with Gasteiger partial charge in [-0.3, -0.25) is 4.79 Å². The largest absolute Gasteiger partial charge is 0.368 e. The van der Waals surface area contributed by atoms with Crippen molar-refractivity contribution in [3.63, 3.8) is 0 Å². The summed E-state index contributed by atoms with van der Waals surface area (Å²) in [5.41, 5.74) is 10.6. The second-order valence-electron chi connectivity index (χ2n) is 5.89. The normalized spacial score (nSPS) is 12.3. The van der Waals surface area contributed by atoms with E-state index in [-0.39, 0.29) is 0 Å². The third-order valence-electron chi connectivity index (χ3n) is 3.62. The van der Waals surface area contributed by atoms with Gasteiger partial charge in [0, 0.05) is 10.1 Å². The van der Waals surface area contributed by atoms with Gasteiger partial charge >= 0.3 is 0 Å². The summed E-state index contributed by atoms with van der Waals surface area (Å²) in [6, 6.07) is 15.7. The molecule has 27 heavy (non-hydrogen) atoms. The Labute approximate surface area is 160 Å². The van der Waals surface area contributed by atoms with Gasteiger partial charge in [-0.1, -0.05) is 42.0 Å². The molecule has 3 aromatic rings. The standard InChI is InChI=1S/C18H17N3O4S2/c1-11-5-3-6-12(9-11)13-7-4-8-15-14(13)10-16(26-15)17(22)20-18(19)21-25-27(2,23)24/h3-10H,1-2H3,(H3,19,20,21,22). The predicted octanol–water partition coefficient (Wildman–Crippen LogP) is 2.81. The van der Waals surface area contributed by atoms with Gasteiger partial charge in [0.25, 0.3) is 16.0 Å². The minimum Gasteiger partial charge on any atom is -0.368 e. The summed E-state index contributed by atoms with van der Waals surface area (Å²) in [5.74, 6) is -1.03. The lowest BCUT2D eigenvalue weighted by Crippen LogP contribution is -2.34. The Kier molecular flexibility index (Phi) is 5.26. The fourth-order valence-corrected chi connectivity index (χ4v) is 3.75. The molecule has 3 N–H and O–H groups in total. The Morgan fingerprint density at radius 2 is 1.93 bits per heavy atom. The van der Waals surface area contributed by atoms with E-state index < -0.39 is 22.0 Å². The van der Waals surface area contributed by atoms with Gasteiger partial charge in [0.1, 0.15) is 0 Å². The third kappa shape index (κ3) is 4.70. The number of nitrogens with one attached hydrogen (secondary N) is 1. The van der Waals surface area contributed by atoms with Gasteiger partial charge in [-0.05, 0) is 30.2 Å². The van der Waals surface area contributed by atoms with Crippen LogP contribution in [0.25, 0.3) is 21.2 Å². The van der Waals surface area contributed by atoms with Gasteiger partial charge in [-0.25, -0.2) is 5.48 Å². The number of nitrogens with zero attached hydrogens (tertiary/aromatic N) is 1. The average molecular weight is 403 g/mol. The van der Waals surface area contributed by atoms with Gasteiger partial charge in [0.2, 0.25) is 5.96 Å². The Morgan fingerprint density at radius 3 is 2.63 bits per heavy atom. The molecule has 2 aromatic carbocycles. The molecule has 0 spiro atoms. The first-order valence-electron chi connectivity index (χ1n) is 7.85. The molecular weight excluding hydrogens is 386 g/mol. The summed E-state index contributed by atoms with van der Waals surface area (Å²) in [6.45, 7) is 2.02. The van der Waals surface area contributed by atoms with E-state index in [1.807, 2.05) is 48.8 Å². The highest BCUT2D eigenvalue weighted by Crippen LogP contribution is 2.34. The van der Waals surface area contributed by atoms with Crippen molar-refractivity contribution in [3.8, 4) is 11.1 Å². The number of hydrogen-bond donors (Lipinski definition) is 2. The Balaban J connectivity index is 1.93. The molecule has 7 nitrogen and oxygen atoms in total. The minimum absolute atomic E-state index is 0.384. The van der Waals surface area contributed by atoms with Crippen LogP contribution in [0.5, 0.6) is 0 Å². The van der Waals surface area contributed by atoms with Crippen LogP contribution < -0.4 is 11.2 Å². The maximum absolute atomic E-state index is 12.3. The van der Waals surface area contributed by atoms with E-state index >= 15 is 0 Å². The molecule has 9 heteroatoms. The summed E-state index contributed by atoms with van der Waals surface area (Å²) in [6.07, 6.45) is 0.841. The van der Waals surface area contributed by atoms with Gasteiger partial charge in [-0.2, -0.15) is 13.4 Å². The zero-order valence-electron chi connectivity index (χ0n) is 14.6. The zero-order valence-corrected chi connectivity index (χ0v) is 16.2. The highest BCUT2D eigenvalue weighted by molar-refractivity contribution is 7.85. The van der Waals surface area contributed by atoms with E-state index in [1.165, 1.54) is 11.3 Å². The van der Waals surface area contributed by atoms with Gasteiger partial charge in [-0.15, -0.1) is 15.6 Å². The summed E-state index contributed by atoms with van der Waals surface area (Å²) in [5, 5.41) is 0.936. The topological polar surface area (TPSA) is 111 Å². The van der Waals surface area contributed by atoms with E-state index in [1.54, 1.807) is 6.07 Å². The van der Waals surface area contributed by atoms with E-state index in [9.17, 15) is 13.2 Å². The lowest BCUT2D eigenvalue weighted by molar-refractivity contribution is 0.100. The SMILES string of the molecule is Cc1cccc(-c2cccc3sc(C(=O)N=C(N)NOS(C)(=O)=O)cc23)c1.